The van der Waals surface area contributed by atoms with Crippen molar-refractivity contribution in [3.8, 4) is 0 Å². The van der Waals surface area contributed by atoms with Gasteiger partial charge in [0.05, 0.1) is 10.2 Å². The molecule has 3 aromatic rings. The minimum Gasteiger partial charge on any atom is -0.378 e. The van der Waals surface area contributed by atoms with Crippen LogP contribution in [0.25, 0.3) is 10.2 Å². The molecule has 146 valence electrons. The van der Waals surface area contributed by atoms with Crippen LogP contribution in [0.3, 0.4) is 0 Å². The molecule has 1 amide bonds. The van der Waals surface area contributed by atoms with Gasteiger partial charge in [0, 0.05) is 51.5 Å². The molecule has 28 heavy (non-hydrogen) atoms. The van der Waals surface area contributed by atoms with Crippen LogP contribution in [-0.2, 0) is 0 Å². The van der Waals surface area contributed by atoms with E-state index in [1.54, 1.807) is 11.3 Å². The van der Waals surface area contributed by atoms with Crippen molar-refractivity contribution in [1.82, 2.24) is 9.88 Å². The monoisotopic (exact) mass is 394 g/mol. The first-order valence-corrected chi connectivity index (χ1v) is 10.4. The third-order valence-corrected chi connectivity index (χ3v) is 6.33. The maximum atomic E-state index is 12.9. The lowest BCUT2D eigenvalue weighted by Gasteiger charge is -2.34. The SMILES string of the molecule is Cc1cc(C)c2nc(N3CCN(C(=O)c4cccc(N(C)C)c4)CC3)sc2c1. The summed E-state index contributed by atoms with van der Waals surface area (Å²) in [5.74, 6) is 0.110. The molecule has 0 radical (unpaired) electrons. The first-order valence-electron chi connectivity index (χ1n) is 9.62. The zero-order valence-electron chi connectivity index (χ0n) is 16.9. The molecular weight excluding hydrogens is 368 g/mol. The molecule has 0 saturated carbocycles. The lowest BCUT2D eigenvalue weighted by atomic mass is 10.1. The van der Waals surface area contributed by atoms with Crippen molar-refractivity contribution in [2.45, 2.75) is 13.8 Å². The molecule has 1 saturated heterocycles. The van der Waals surface area contributed by atoms with Crippen LogP contribution in [-0.4, -0.2) is 56.1 Å². The van der Waals surface area contributed by atoms with Crippen LogP contribution < -0.4 is 9.80 Å². The summed E-state index contributed by atoms with van der Waals surface area (Å²) in [6.45, 7) is 7.32. The van der Waals surface area contributed by atoms with Gasteiger partial charge in [-0.25, -0.2) is 4.98 Å². The van der Waals surface area contributed by atoms with Crippen molar-refractivity contribution in [2.75, 3.05) is 50.1 Å². The average molecular weight is 395 g/mol. The molecule has 5 nitrogen and oxygen atoms in total. The molecule has 0 unspecified atom stereocenters. The van der Waals surface area contributed by atoms with Crippen molar-refractivity contribution < 1.29 is 4.79 Å². The van der Waals surface area contributed by atoms with E-state index < -0.39 is 0 Å². The van der Waals surface area contributed by atoms with Crippen LogP contribution in [0.4, 0.5) is 10.8 Å². The molecular formula is C22H26N4OS. The van der Waals surface area contributed by atoms with Crippen LogP contribution in [0.15, 0.2) is 36.4 Å². The molecule has 1 fully saturated rings. The van der Waals surface area contributed by atoms with Gasteiger partial charge in [-0.1, -0.05) is 23.5 Å². The van der Waals surface area contributed by atoms with Crippen LogP contribution in [0, 0.1) is 13.8 Å². The highest BCUT2D eigenvalue weighted by atomic mass is 32.1. The van der Waals surface area contributed by atoms with Gasteiger partial charge in [-0.15, -0.1) is 0 Å². The fraction of sp³-hybridized carbons (Fsp3) is 0.364. The number of hydrogen-bond donors (Lipinski definition) is 0. The Morgan fingerprint density at radius 1 is 1.07 bits per heavy atom. The van der Waals surface area contributed by atoms with E-state index in [-0.39, 0.29) is 5.91 Å². The Morgan fingerprint density at radius 2 is 1.82 bits per heavy atom. The lowest BCUT2D eigenvalue weighted by Crippen LogP contribution is -2.48. The second kappa shape index (κ2) is 7.43. The Morgan fingerprint density at radius 3 is 2.54 bits per heavy atom. The van der Waals surface area contributed by atoms with E-state index >= 15 is 0 Å². The van der Waals surface area contributed by atoms with E-state index in [0.717, 1.165) is 48.1 Å². The fourth-order valence-corrected chi connectivity index (χ4v) is 4.89. The number of rotatable bonds is 3. The topological polar surface area (TPSA) is 39.7 Å². The highest BCUT2D eigenvalue weighted by molar-refractivity contribution is 7.22. The number of carbonyl (C=O) groups excluding carboxylic acids is 1. The minimum atomic E-state index is 0.110. The molecule has 1 aromatic heterocycles. The minimum absolute atomic E-state index is 0.110. The van der Waals surface area contributed by atoms with Gasteiger partial charge in [0.15, 0.2) is 5.13 Å². The van der Waals surface area contributed by atoms with E-state index in [1.165, 1.54) is 15.8 Å². The molecule has 0 bridgehead atoms. The largest absolute Gasteiger partial charge is 0.378 e. The number of aromatic nitrogens is 1. The second-order valence-corrected chi connectivity index (χ2v) is 8.66. The molecule has 6 heteroatoms. The molecule has 0 aliphatic carbocycles. The Bertz CT molecular complexity index is 1020. The van der Waals surface area contributed by atoms with Gasteiger partial charge in [-0.05, 0) is 49.2 Å². The smallest absolute Gasteiger partial charge is 0.254 e. The molecule has 2 heterocycles. The van der Waals surface area contributed by atoms with E-state index in [9.17, 15) is 4.79 Å². The summed E-state index contributed by atoms with van der Waals surface area (Å²) >= 11 is 1.75. The van der Waals surface area contributed by atoms with Gasteiger partial charge in [-0.2, -0.15) is 0 Å². The maximum Gasteiger partial charge on any atom is 0.254 e. The summed E-state index contributed by atoms with van der Waals surface area (Å²) in [5.41, 5.74) is 5.41. The van der Waals surface area contributed by atoms with Crippen molar-refractivity contribution in [2.24, 2.45) is 0 Å². The van der Waals surface area contributed by atoms with E-state index in [0.29, 0.717) is 0 Å². The van der Waals surface area contributed by atoms with E-state index in [4.69, 9.17) is 4.98 Å². The molecule has 1 aliphatic heterocycles. The molecule has 0 spiro atoms. The highest BCUT2D eigenvalue weighted by Crippen LogP contribution is 2.32. The Balaban J connectivity index is 1.47. The third kappa shape index (κ3) is 3.56. The summed E-state index contributed by atoms with van der Waals surface area (Å²) in [6.07, 6.45) is 0. The van der Waals surface area contributed by atoms with Gasteiger partial charge >= 0.3 is 0 Å². The van der Waals surface area contributed by atoms with Crippen LogP contribution >= 0.6 is 11.3 Å². The van der Waals surface area contributed by atoms with Crippen molar-refractivity contribution in [3.63, 3.8) is 0 Å². The quantitative estimate of drug-likeness (QED) is 0.675. The average Bonchev–Trinajstić information content (AvgIpc) is 3.12. The van der Waals surface area contributed by atoms with E-state index in [1.807, 2.05) is 48.2 Å². The Hall–Kier alpha value is -2.60. The van der Waals surface area contributed by atoms with Crippen molar-refractivity contribution in [3.05, 3.63) is 53.1 Å². The van der Waals surface area contributed by atoms with Gasteiger partial charge in [-0.3, -0.25) is 4.79 Å². The summed E-state index contributed by atoms with van der Waals surface area (Å²) in [7, 11) is 3.98. The molecule has 2 aromatic carbocycles. The number of amides is 1. The van der Waals surface area contributed by atoms with Crippen LogP contribution in [0.1, 0.15) is 21.5 Å². The maximum absolute atomic E-state index is 12.9. The highest BCUT2D eigenvalue weighted by Gasteiger charge is 2.24. The third-order valence-electron chi connectivity index (χ3n) is 5.27. The van der Waals surface area contributed by atoms with Crippen molar-refractivity contribution >= 4 is 38.3 Å². The first kappa shape index (κ1) is 18.7. The fourth-order valence-electron chi connectivity index (χ4n) is 3.69. The molecule has 0 atom stereocenters. The normalized spacial score (nSPS) is 14.6. The number of benzene rings is 2. The molecule has 1 aliphatic rings. The Labute approximate surface area is 170 Å². The lowest BCUT2D eigenvalue weighted by molar-refractivity contribution is 0.0747. The number of nitrogens with zero attached hydrogens (tertiary/aromatic N) is 4. The number of thiazole rings is 1. The number of fused-ring (bicyclic) bond motifs is 1. The Kier molecular flexibility index (Phi) is 4.98. The van der Waals surface area contributed by atoms with Gasteiger partial charge < -0.3 is 14.7 Å². The first-order chi connectivity index (χ1) is 13.4. The predicted molar refractivity (Wildman–Crippen MR) is 118 cm³/mol. The number of carbonyl (C=O) groups is 1. The predicted octanol–water partition coefficient (Wildman–Crippen LogP) is 3.94. The summed E-state index contributed by atoms with van der Waals surface area (Å²) < 4.78 is 1.24. The van der Waals surface area contributed by atoms with Gasteiger partial charge in [0.1, 0.15) is 0 Å². The van der Waals surface area contributed by atoms with Crippen LogP contribution in [0.2, 0.25) is 0 Å². The standard InChI is InChI=1S/C22H26N4OS/c1-15-12-16(2)20-19(13-15)28-22(23-20)26-10-8-25(9-11-26)21(27)17-6-5-7-18(14-17)24(3)4/h5-7,12-14H,8-11H2,1-4H3. The molecule has 4 rings (SSSR count). The number of anilines is 2. The van der Waals surface area contributed by atoms with Gasteiger partial charge in [0.25, 0.3) is 5.91 Å². The second-order valence-electron chi connectivity index (χ2n) is 7.65. The van der Waals surface area contributed by atoms with E-state index in [2.05, 4.69) is 30.9 Å². The summed E-state index contributed by atoms with van der Waals surface area (Å²) in [6, 6.07) is 12.2. The van der Waals surface area contributed by atoms with Crippen LogP contribution in [0.5, 0.6) is 0 Å². The van der Waals surface area contributed by atoms with Gasteiger partial charge in [0.2, 0.25) is 0 Å². The zero-order valence-corrected chi connectivity index (χ0v) is 17.7. The number of hydrogen-bond acceptors (Lipinski definition) is 5. The van der Waals surface area contributed by atoms with Crippen molar-refractivity contribution in [1.29, 1.82) is 0 Å². The summed E-state index contributed by atoms with van der Waals surface area (Å²) in [5, 5.41) is 1.06. The number of piperazine rings is 1. The molecule has 0 N–H and O–H groups in total. The number of aryl methyl sites for hydroxylation is 2. The zero-order chi connectivity index (χ0) is 19.8. The summed E-state index contributed by atoms with van der Waals surface area (Å²) in [4.78, 5) is 24.1.